The molecule has 1 aromatic carbocycles. The van der Waals surface area contributed by atoms with Crippen molar-refractivity contribution in [3.8, 4) is 11.5 Å². The summed E-state index contributed by atoms with van der Waals surface area (Å²) in [5.74, 6) is 2.09. The van der Waals surface area contributed by atoms with E-state index in [0.29, 0.717) is 12.5 Å². The zero-order valence-corrected chi connectivity index (χ0v) is 15.0. The van der Waals surface area contributed by atoms with Crippen LogP contribution in [-0.4, -0.2) is 43.4 Å². The fourth-order valence-corrected chi connectivity index (χ4v) is 3.14. The Labute approximate surface area is 140 Å². The molecule has 0 saturated carbocycles. The van der Waals surface area contributed by atoms with Gasteiger partial charge in [0.05, 0.1) is 13.7 Å². The maximum atomic E-state index is 9.61. The van der Waals surface area contributed by atoms with Gasteiger partial charge in [-0.2, -0.15) is 0 Å². The Balaban J connectivity index is 2.06. The number of hydrogen-bond donors (Lipinski definition) is 1. The van der Waals surface area contributed by atoms with Crippen molar-refractivity contribution in [3.63, 3.8) is 0 Å². The van der Waals surface area contributed by atoms with Crippen LogP contribution in [-0.2, 0) is 6.54 Å². The van der Waals surface area contributed by atoms with Crippen LogP contribution in [0.15, 0.2) is 18.2 Å². The van der Waals surface area contributed by atoms with Crippen LogP contribution in [0.1, 0.15) is 39.2 Å². The van der Waals surface area contributed by atoms with Crippen molar-refractivity contribution >= 4 is 0 Å². The van der Waals surface area contributed by atoms with Gasteiger partial charge in [0.2, 0.25) is 0 Å². The molecule has 1 heterocycles. The van der Waals surface area contributed by atoms with Gasteiger partial charge in [-0.25, -0.2) is 0 Å². The minimum absolute atomic E-state index is 0.0295. The predicted molar refractivity (Wildman–Crippen MR) is 93.0 cm³/mol. The lowest BCUT2D eigenvalue weighted by Crippen LogP contribution is -2.43. The molecule has 2 rings (SSSR count). The Morgan fingerprint density at radius 1 is 1.30 bits per heavy atom. The maximum Gasteiger partial charge on any atom is 0.161 e. The molecular weight excluding hydrogens is 290 g/mol. The fourth-order valence-electron chi connectivity index (χ4n) is 3.14. The van der Waals surface area contributed by atoms with Gasteiger partial charge in [-0.3, -0.25) is 4.90 Å². The molecule has 1 N–H and O–H groups in total. The summed E-state index contributed by atoms with van der Waals surface area (Å²) < 4.78 is 11.3. The number of benzene rings is 1. The van der Waals surface area contributed by atoms with Gasteiger partial charge in [-0.1, -0.05) is 26.8 Å². The lowest BCUT2D eigenvalue weighted by Gasteiger charge is -2.39. The number of hydrogen-bond acceptors (Lipinski definition) is 4. The van der Waals surface area contributed by atoms with Gasteiger partial charge in [0, 0.05) is 25.1 Å². The molecule has 1 unspecified atom stereocenters. The zero-order chi connectivity index (χ0) is 16.9. The smallest absolute Gasteiger partial charge is 0.161 e. The van der Waals surface area contributed by atoms with E-state index in [-0.39, 0.29) is 12.0 Å². The minimum atomic E-state index is 0.0295. The van der Waals surface area contributed by atoms with Gasteiger partial charge in [0.15, 0.2) is 11.5 Å². The Morgan fingerprint density at radius 2 is 2.09 bits per heavy atom. The van der Waals surface area contributed by atoms with Crippen LogP contribution in [0, 0.1) is 11.3 Å². The van der Waals surface area contributed by atoms with Crippen LogP contribution in [0.25, 0.3) is 0 Å². The first kappa shape index (κ1) is 18.1. The molecule has 0 aliphatic carbocycles. The van der Waals surface area contributed by atoms with Crippen molar-refractivity contribution in [2.24, 2.45) is 11.3 Å². The Hall–Kier alpha value is -1.26. The molecule has 4 heteroatoms. The topological polar surface area (TPSA) is 41.9 Å². The molecular formula is C19H31NO3. The molecule has 0 bridgehead atoms. The third-order valence-electron chi connectivity index (χ3n) is 4.45. The van der Waals surface area contributed by atoms with Crippen LogP contribution in [0.4, 0.5) is 0 Å². The second kappa shape index (κ2) is 8.02. The third-order valence-corrected chi connectivity index (χ3v) is 4.45. The van der Waals surface area contributed by atoms with Gasteiger partial charge in [-0.05, 0) is 43.0 Å². The van der Waals surface area contributed by atoms with E-state index in [1.165, 1.54) is 5.56 Å². The van der Waals surface area contributed by atoms with E-state index in [0.717, 1.165) is 44.0 Å². The first-order chi connectivity index (χ1) is 11.0. The first-order valence-electron chi connectivity index (χ1n) is 8.59. The Kier molecular flexibility index (Phi) is 6.31. The van der Waals surface area contributed by atoms with Crippen molar-refractivity contribution in [3.05, 3.63) is 23.8 Å². The molecule has 1 atom stereocenters. The van der Waals surface area contributed by atoms with Gasteiger partial charge in [0.25, 0.3) is 0 Å². The van der Waals surface area contributed by atoms with Gasteiger partial charge in [0.1, 0.15) is 0 Å². The van der Waals surface area contributed by atoms with Crippen molar-refractivity contribution in [2.45, 2.75) is 40.2 Å². The normalized spacial score (nSPS) is 22.3. The highest BCUT2D eigenvalue weighted by molar-refractivity contribution is 5.43. The summed E-state index contributed by atoms with van der Waals surface area (Å²) >= 11 is 0. The summed E-state index contributed by atoms with van der Waals surface area (Å²) in [5, 5.41) is 9.61. The molecule has 1 aliphatic rings. The van der Waals surface area contributed by atoms with E-state index in [4.69, 9.17) is 9.47 Å². The zero-order valence-electron chi connectivity index (χ0n) is 15.0. The van der Waals surface area contributed by atoms with Crippen molar-refractivity contribution in [1.29, 1.82) is 0 Å². The highest BCUT2D eigenvalue weighted by Gasteiger charge is 2.30. The van der Waals surface area contributed by atoms with Crippen molar-refractivity contribution < 1.29 is 14.6 Å². The first-order valence-corrected chi connectivity index (χ1v) is 8.59. The standard InChI is InChI=1S/C19H31NO3/c1-15(2)12-23-18-10-16(6-7-17(18)22-4)11-20-9-5-8-19(3,13-20)14-21/h6-7,10,15,21H,5,8-9,11-14H2,1-4H3. The van der Waals surface area contributed by atoms with E-state index in [1.54, 1.807) is 7.11 Å². The summed E-state index contributed by atoms with van der Waals surface area (Å²) in [5.41, 5.74) is 1.26. The minimum Gasteiger partial charge on any atom is -0.493 e. The van der Waals surface area contributed by atoms with E-state index in [1.807, 2.05) is 6.07 Å². The Morgan fingerprint density at radius 3 is 2.74 bits per heavy atom. The summed E-state index contributed by atoms with van der Waals surface area (Å²) in [6.07, 6.45) is 2.25. The van der Waals surface area contributed by atoms with E-state index in [2.05, 4.69) is 37.8 Å². The SMILES string of the molecule is COc1ccc(CN2CCCC(C)(CO)C2)cc1OCC(C)C. The summed E-state index contributed by atoms with van der Waals surface area (Å²) in [6, 6.07) is 6.18. The average molecular weight is 321 g/mol. The molecule has 4 nitrogen and oxygen atoms in total. The van der Waals surface area contributed by atoms with Crippen LogP contribution in [0.3, 0.4) is 0 Å². The third kappa shape index (κ3) is 5.11. The highest BCUT2D eigenvalue weighted by Crippen LogP contribution is 2.32. The van der Waals surface area contributed by atoms with Crippen LogP contribution >= 0.6 is 0 Å². The van der Waals surface area contributed by atoms with Crippen LogP contribution < -0.4 is 9.47 Å². The molecule has 0 aromatic heterocycles. The van der Waals surface area contributed by atoms with Crippen molar-refractivity contribution in [1.82, 2.24) is 4.90 Å². The number of aliphatic hydroxyl groups excluding tert-OH is 1. The van der Waals surface area contributed by atoms with E-state index < -0.39 is 0 Å². The molecule has 0 spiro atoms. The summed E-state index contributed by atoms with van der Waals surface area (Å²) in [7, 11) is 1.68. The van der Waals surface area contributed by atoms with Crippen molar-refractivity contribution in [2.75, 3.05) is 33.4 Å². The summed E-state index contributed by atoms with van der Waals surface area (Å²) in [4.78, 5) is 2.42. The molecule has 130 valence electrons. The van der Waals surface area contributed by atoms with E-state index >= 15 is 0 Å². The van der Waals surface area contributed by atoms with Gasteiger partial charge < -0.3 is 14.6 Å². The molecule has 1 fully saturated rings. The second-order valence-corrected chi connectivity index (χ2v) is 7.47. The number of rotatable bonds is 7. The quantitative estimate of drug-likeness (QED) is 0.836. The molecule has 0 amide bonds. The van der Waals surface area contributed by atoms with Gasteiger partial charge in [-0.15, -0.1) is 0 Å². The lowest BCUT2D eigenvalue weighted by atomic mass is 9.82. The molecule has 23 heavy (non-hydrogen) atoms. The Bertz CT molecular complexity index is 503. The maximum absolute atomic E-state index is 9.61. The highest BCUT2D eigenvalue weighted by atomic mass is 16.5. The molecule has 1 aliphatic heterocycles. The number of nitrogens with zero attached hydrogens (tertiary/aromatic N) is 1. The average Bonchev–Trinajstić information content (AvgIpc) is 2.53. The largest absolute Gasteiger partial charge is 0.493 e. The summed E-state index contributed by atoms with van der Waals surface area (Å²) in [6.45, 7) is 10.3. The molecule has 1 aromatic rings. The molecule has 0 radical (unpaired) electrons. The molecule has 1 saturated heterocycles. The van der Waals surface area contributed by atoms with Crippen LogP contribution in [0.2, 0.25) is 0 Å². The number of piperidine rings is 1. The number of ether oxygens (including phenoxy) is 2. The van der Waals surface area contributed by atoms with E-state index in [9.17, 15) is 5.11 Å². The lowest BCUT2D eigenvalue weighted by molar-refractivity contribution is 0.0429. The number of likely N-dealkylation sites (tertiary alicyclic amines) is 1. The number of aliphatic hydroxyl groups is 1. The van der Waals surface area contributed by atoms with Gasteiger partial charge >= 0.3 is 0 Å². The predicted octanol–water partition coefficient (Wildman–Crippen LogP) is 3.32. The number of methoxy groups -OCH3 is 1. The van der Waals surface area contributed by atoms with Crippen LogP contribution in [0.5, 0.6) is 11.5 Å². The monoisotopic (exact) mass is 321 g/mol. The second-order valence-electron chi connectivity index (χ2n) is 7.47. The fraction of sp³-hybridized carbons (Fsp3) is 0.684.